The molecule has 5 heterocycles. The SMILES string of the molecule is C=CC1=C(C)C2=NC1=CC1=NC(=C(CC)/C1=C/O)C=C1N=C3C(=C4NC(=C2)[C@@H](C)[C@@H]4CCC(=O)OC)CC(=O)C3=C1C. The first-order valence-electron chi connectivity index (χ1n) is 14.4. The number of methoxy groups -OCH3 is 1. The average molecular weight is 563 g/mol. The van der Waals surface area contributed by atoms with Gasteiger partial charge in [0.1, 0.15) is 0 Å². The Hall–Kier alpha value is -4.59. The third-order valence-electron chi connectivity index (χ3n) is 9.07. The van der Waals surface area contributed by atoms with Gasteiger partial charge in [0, 0.05) is 58.4 Å². The molecule has 2 fully saturated rings. The number of esters is 1. The number of aliphatic imine (C=N–C) groups is 3. The number of carbonyl (C=O) groups is 2. The fourth-order valence-corrected chi connectivity index (χ4v) is 6.70. The lowest BCUT2D eigenvalue weighted by Crippen LogP contribution is -2.15. The van der Waals surface area contributed by atoms with Crippen LogP contribution in [0.5, 0.6) is 0 Å². The van der Waals surface area contributed by atoms with Crippen LogP contribution in [-0.4, -0.2) is 41.1 Å². The number of hydrogen-bond donors (Lipinski definition) is 2. The molecule has 1 saturated heterocycles. The molecule has 0 aromatic rings. The van der Waals surface area contributed by atoms with Gasteiger partial charge in [-0.3, -0.25) is 9.59 Å². The molecular weight excluding hydrogens is 528 g/mol. The molecule has 0 unspecified atom stereocenters. The molecular formula is C34H34N4O4. The third-order valence-corrected chi connectivity index (χ3v) is 9.07. The Labute approximate surface area is 245 Å². The van der Waals surface area contributed by atoms with Gasteiger partial charge in [-0.1, -0.05) is 26.5 Å². The van der Waals surface area contributed by atoms with E-state index in [1.165, 1.54) is 7.11 Å². The van der Waals surface area contributed by atoms with Crippen molar-refractivity contribution in [3.05, 3.63) is 105 Å². The van der Waals surface area contributed by atoms with Gasteiger partial charge in [0.2, 0.25) is 0 Å². The second-order valence-corrected chi connectivity index (χ2v) is 11.2. The van der Waals surface area contributed by atoms with E-state index in [1.807, 2.05) is 32.9 Å². The normalized spacial score (nSPS) is 25.5. The summed E-state index contributed by atoms with van der Waals surface area (Å²) in [6.45, 7) is 12.1. The molecule has 0 aromatic heterocycles. The van der Waals surface area contributed by atoms with Crippen molar-refractivity contribution < 1.29 is 19.4 Å². The van der Waals surface area contributed by atoms with Gasteiger partial charge in [-0.05, 0) is 61.6 Å². The molecule has 0 amide bonds. The summed E-state index contributed by atoms with van der Waals surface area (Å²) in [6.07, 6.45) is 10.5. The zero-order valence-electron chi connectivity index (χ0n) is 24.6. The Bertz CT molecular complexity index is 1730. The second-order valence-electron chi connectivity index (χ2n) is 11.2. The maximum atomic E-state index is 13.4. The summed E-state index contributed by atoms with van der Waals surface area (Å²) >= 11 is 0. The van der Waals surface area contributed by atoms with Crippen molar-refractivity contribution in [3.8, 4) is 0 Å². The minimum atomic E-state index is -0.262. The highest BCUT2D eigenvalue weighted by Crippen LogP contribution is 2.45. The van der Waals surface area contributed by atoms with Crippen LogP contribution in [-0.2, 0) is 14.3 Å². The van der Waals surface area contributed by atoms with Crippen LogP contribution < -0.4 is 5.32 Å². The molecule has 0 aromatic carbocycles. The summed E-state index contributed by atoms with van der Waals surface area (Å²) in [4.78, 5) is 40.5. The molecule has 1 aliphatic carbocycles. The average Bonchev–Trinajstić information content (AvgIpc) is 3.73. The van der Waals surface area contributed by atoms with E-state index in [-0.39, 0.29) is 36.4 Å². The Morgan fingerprint density at radius 2 is 1.93 bits per heavy atom. The van der Waals surface area contributed by atoms with Gasteiger partial charge in [-0.25, -0.2) is 15.0 Å². The third kappa shape index (κ3) is 4.16. The van der Waals surface area contributed by atoms with Crippen LogP contribution in [0.1, 0.15) is 53.4 Å². The van der Waals surface area contributed by atoms with Crippen molar-refractivity contribution in [2.75, 3.05) is 7.11 Å². The van der Waals surface area contributed by atoms with Crippen molar-refractivity contribution >= 4 is 28.9 Å². The highest BCUT2D eigenvalue weighted by Gasteiger charge is 2.43. The number of fused-ring (bicyclic) bond motifs is 5. The van der Waals surface area contributed by atoms with Crippen molar-refractivity contribution in [3.63, 3.8) is 0 Å². The summed E-state index contributed by atoms with van der Waals surface area (Å²) in [5.74, 6) is -0.221. The van der Waals surface area contributed by atoms with Gasteiger partial charge in [-0.2, -0.15) is 0 Å². The van der Waals surface area contributed by atoms with Crippen molar-refractivity contribution in [1.29, 1.82) is 0 Å². The smallest absolute Gasteiger partial charge is 0.305 e. The van der Waals surface area contributed by atoms with Gasteiger partial charge < -0.3 is 15.2 Å². The van der Waals surface area contributed by atoms with Crippen LogP contribution in [0.4, 0.5) is 0 Å². The molecule has 8 bridgehead atoms. The summed E-state index contributed by atoms with van der Waals surface area (Å²) < 4.78 is 4.95. The summed E-state index contributed by atoms with van der Waals surface area (Å²) in [7, 11) is 1.40. The fraction of sp³-hybridized carbons (Fsp3) is 0.324. The largest absolute Gasteiger partial charge is 0.515 e. The topological polar surface area (TPSA) is 113 Å². The van der Waals surface area contributed by atoms with Gasteiger partial charge in [0.05, 0.1) is 47.6 Å². The fourth-order valence-electron chi connectivity index (χ4n) is 6.70. The molecule has 8 nitrogen and oxygen atoms in total. The number of nitrogens with zero attached hydrogens (tertiary/aromatic N) is 3. The zero-order chi connectivity index (χ0) is 29.9. The van der Waals surface area contributed by atoms with E-state index in [1.54, 1.807) is 6.08 Å². The number of hydrogen-bond acceptors (Lipinski definition) is 8. The van der Waals surface area contributed by atoms with E-state index < -0.39 is 0 Å². The number of aliphatic hydroxyl groups excluding tert-OH is 1. The first kappa shape index (κ1) is 27.6. The molecule has 8 heteroatoms. The summed E-state index contributed by atoms with van der Waals surface area (Å²) in [6, 6.07) is 0. The summed E-state index contributed by atoms with van der Waals surface area (Å²) in [5, 5.41) is 13.9. The number of carbonyl (C=O) groups excluding carboxylic acids is 2. The molecule has 6 aliphatic rings. The molecule has 42 heavy (non-hydrogen) atoms. The highest BCUT2D eigenvalue weighted by molar-refractivity contribution is 6.38. The summed E-state index contributed by atoms with van der Waals surface area (Å²) in [5.41, 5.74) is 11.9. The predicted molar refractivity (Wildman–Crippen MR) is 164 cm³/mol. The van der Waals surface area contributed by atoms with Crippen molar-refractivity contribution in [2.45, 2.75) is 53.4 Å². The molecule has 1 saturated carbocycles. The van der Waals surface area contributed by atoms with E-state index in [2.05, 4.69) is 24.9 Å². The standard InChI is InChI=1S/C34H34N4O4/c1-7-19-16(3)24-12-25-17(4)21(9-10-31(41)42-6)33(37-25)22-11-30(40)32-18(5)26(38-34(22)32)13-28-20(8-2)23(15-39)29(36-28)14-27(19)35-24/h7,12-15,17,21,37,39H,1,8-11H2,2-6H3/b23-15-,25-12?,26-13?,27-14?,33-22?/t17-,21-/m0/s1. The number of nitrogens with one attached hydrogen (secondary N) is 1. The lowest BCUT2D eigenvalue weighted by molar-refractivity contribution is -0.140. The number of Topliss-reactive ketones (excluding diaryl/α,β-unsaturated/α-hetero) is 1. The van der Waals surface area contributed by atoms with Crippen LogP contribution in [0, 0.1) is 11.8 Å². The van der Waals surface area contributed by atoms with E-state index in [0.29, 0.717) is 46.8 Å². The van der Waals surface area contributed by atoms with E-state index in [9.17, 15) is 14.7 Å². The van der Waals surface area contributed by atoms with Crippen LogP contribution in [0.2, 0.25) is 0 Å². The maximum Gasteiger partial charge on any atom is 0.305 e. The molecule has 6 rings (SSSR count). The lowest BCUT2D eigenvalue weighted by atomic mass is 9.86. The Kier molecular flexibility index (Phi) is 6.80. The first-order chi connectivity index (χ1) is 20.2. The Balaban J connectivity index is 1.62. The molecule has 2 atom stereocenters. The molecule has 5 aliphatic heterocycles. The Morgan fingerprint density at radius 3 is 2.62 bits per heavy atom. The van der Waals surface area contributed by atoms with Gasteiger partial charge >= 0.3 is 5.97 Å². The minimum absolute atomic E-state index is 0.0300. The number of ketones is 1. The van der Waals surface area contributed by atoms with E-state index >= 15 is 0 Å². The number of allylic oxidation sites excluding steroid dienone is 12. The maximum absolute atomic E-state index is 13.4. The van der Waals surface area contributed by atoms with Gasteiger partial charge in [0.25, 0.3) is 0 Å². The van der Waals surface area contributed by atoms with Crippen LogP contribution in [0.3, 0.4) is 0 Å². The Morgan fingerprint density at radius 1 is 1.14 bits per heavy atom. The lowest BCUT2D eigenvalue weighted by Gasteiger charge is -2.17. The van der Waals surface area contributed by atoms with Crippen molar-refractivity contribution in [1.82, 2.24) is 5.32 Å². The highest BCUT2D eigenvalue weighted by atomic mass is 16.5. The number of aliphatic hydroxyl groups is 1. The zero-order valence-corrected chi connectivity index (χ0v) is 24.6. The number of ether oxygens (including phenoxy) is 1. The van der Waals surface area contributed by atoms with E-state index in [0.717, 1.165) is 56.9 Å². The molecule has 0 radical (unpaired) electrons. The van der Waals surface area contributed by atoms with Gasteiger partial charge in [-0.15, -0.1) is 0 Å². The van der Waals surface area contributed by atoms with Crippen molar-refractivity contribution in [2.24, 2.45) is 26.8 Å². The molecule has 214 valence electrons. The monoisotopic (exact) mass is 562 g/mol. The van der Waals surface area contributed by atoms with E-state index in [4.69, 9.17) is 19.7 Å². The molecule has 0 spiro atoms. The second kappa shape index (κ2) is 10.4. The quantitative estimate of drug-likeness (QED) is 0.316. The number of rotatable bonds is 5. The molecule has 2 N–H and O–H groups in total. The van der Waals surface area contributed by atoms with Gasteiger partial charge in [0.15, 0.2) is 5.78 Å². The van der Waals surface area contributed by atoms with Crippen LogP contribution in [0.25, 0.3) is 0 Å². The first-order valence-corrected chi connectivity index (χ1v) is 14.4. The minimum Gasteiger partial charge on any atom is -0.515 e. The predicted octanol–water partition coefficient (Wildman–Crippen LogP) is 5.98. The van der Waals surface area contributed by atoms with Crippen LogP contribution in [0.15, 0.2) is 120 Å². The van der Waals surface area contributed by atoms with Crippen LogP contribution >= 0.6 is 0 Å².